The molecule has 1 amide bonds. The van der Waals surface area contributed by atoms with Crippen molar-refractivity contribution in [2.75, 3.05) is 12.3 Å². The maximum Gasteiger partial charge on any atom is 0.305 e. The number of nitrogens with two attached hydrogens (primary N) is 1. The summed E-state index contributed by atoms with van der Waals surface area (Å²) in [6.45, 7) is 0.0863. The van der Waals surface area contributed by atoms with Crippen LogP contribution in [-0.4, -0.2) is 28.5 Å². The fraction of sp³-hybridized carbons (Fsp3) is 0.222. The van der Waals surface area contributed by atoms with E-state index in [9.17, 15) is 9.59 Å². The molecule has 4 N–H and O–H groups in total. The van der Waals surface area contributed by atoms with E-state index in [1.54, 1.807) is 0 Å². The normalized spacial score (nSPS) is 9.60. The van der Waals surface area contributed by atoms with E-state index in [-0.39, 0.29) is 18.9 Å². The van der Waals surface area contributed by atoms with Crippen LogP contribution in [0.25, 0.3) is 0 Å². The molecule has 0 saturated carbocycles. The van der Waals surface area contributed by atoms with Crippen molar-refractivity contribution in [1.29, 1.82) is 0 Å². The van der Waals surface area contributed by atoms with Gasteiger partial charge in [-0.25, -0.2) is 0 Å². The number of nitrogens with zero attached hydrogens (tertiary/aromatic N) is 1. The summed E-state index contributed by atoms with van der Waals surface area (Å²) in [4.78, 5) is 25.3. The van der Waals surface area contributed by atoms with E-state index in [1.165, 1.54) is 18.5 Å². The fourth-order valence-corrected chi connectivity index (χ4v) is 0.967. The molecule has 15 heavy (non-hydrogen) atoms. The highest BCUT2D eigenvalue weighted by atomic mass is 16.4. The number of amides is 1. The summed E-state index contributed by atoms with van der Waals surface area (Å²) in [6.07, 6.45) is 2.68. The van der Waals surface area contributed by atoms with Gasteiger partial charge in [-0.3, -0.25) is 14.6 Å². The van der Waals surface area contributed by atoms with E-state index in [0.717, 1.165) is 0 Å². The molecule has 1 rings (SSSR count). The van der Waals surface area contributed by atoms with Gasteiger partial charge in [0.15, 0.2) is 0 Å². The highest BCUT2D eigenvalue weighted by Crippen LogP contribution is 2.03. The van der Waals surface area contributed by atoms with Crippen LogP contribution >= 0.6 is 0 Å². The van der Waals surface area contributed by atoms with Crippen molar-refractivity contribution in [3.8, 4) is 0 Å². The Morgan fingerprint density at radius 1 is 1.47 bits per heavy atom. The van der Waals surface area contributed by atoms with Gasteiger partial charge in [0.25, 0.3) is 5.91 Å². The molecule has 0 aromatic carbocycles. The van der Waals surface area contributed by atoms with Crippen LogP contribution in [0.2, 0.25) is 0 Å². The summed E-state index contributed by atoms with van der Waals surface area (Å²) in [5, 5.41) is 10.8. The first-order valence-corrected chi connectivity index (χ1v) is 4.30. The Kier molecular flexibility index (Phi) is 3.61. The minimum atomic E-state index is -0.957. The molecule has 80 valence electrons. The third kappa shape index (κ3) is 3.63. The standard InChI is InChI=1S/C9H11N3O3/c10-7-3-6(4-11-5-7)9(15)12-2-1-8(13)14/h3-5H,1-2,10H2,(H,12,15)(H,13,14). The van der Waals surface area contributed by atoms with Crippen LogP contribution in [0.1, 0.15) is 16.8 Å². The van der Waals surface area contributed by atoms with E-state index in [1.807, 2.05) is 0 Å². The molecule has 0 radical (unpaired) electrons. The topological polar surface area (TPSA) is 105 Å². The minimum Gasteiger partial charge on any atom is -0.481 e. The van der Waals surface area contributed by atoms with E-state index in [0.29, 0.717) is 11.3 Å². The number of hydrogen-bond donors (Lipinski definition) is 3. The van der Waals surface area contributed by atoms with Gasteiger partial charge in [0.2, 0.25) is 0 Å². The SMILES string of the molecule is Nc1cncc(C(=O)NCCC(=O)O)c1. The molecule has 0 bridgehead atoms. The lowest BCUT2D eigenvalue weighted by Crippen LogP contribution is -2.26. The lowest BCUT2D eigenvalue weighted by atomic mass is 10.2. The predicted octanol–water partition coefficient (Wildman–Crippen LogP) is -0.132. The zero-order valence-corrected chi connectivity index (χ0v) is 7.93. The predicted molar refractivity (Wildman–Crippen MR) is 53.2 cm³/mol. The van der Waals surface area contributed by atoms with Crippen molar-refractivity contribution in [2.24, 2.45) is 0 Å². The van der Waals surface area contributed by atoms with Gasteiger partial charge in [-0.05, 0) is 6.07 Å². The zero-order valence-electron chi connectivity index (χ0n) is 7.93. The third-order valence-electron chi connectivity index (χ3n) is 1.65. The molecule has 1 aromatic rings. The Labute approximate surface area is 86.1 Å². The number of carbonyl (C=O) groups excluding carboxylic acids is 1. The number of aliphatic carboxylic acids is 1. The lowest BCUT2D eigenvalue weighted by molar-refractivity contribution is -0.136. The molecule has 0 saturated heterocycles. The molecule has 1 aromatic heterocycles. The summed E-state index contributed by atoms with van der Waals surface area (Å²) in [5.41, 5.74) is 6.15. The first-order chi connectivity index (χ1) is 7.09. The van der Waals surface area contributed by atoms with Gasteiger partial charge >= 0.3 is 5.97 Å². The Hall–Kier alpha value is -2.11. The molecule has 6 nitrogen and oxygen atoms in total. The van der Waals surface area contributed by atoms with Crippen LogP contribution in [0.3, 0.4) is 0 Å². The maximum atomic E-state index is 11.4. The van der Waals surface area contributed by atoms with Crippen LogP contribution in [0.5, 0.6) is 0 Å². The van der Waals surface area contributed by atoms with Gasteiger partial charge in [0.05, 0.1) is 17.7 Å². The number of carbonyl (C=O) groups is 2. The Balaban J connectivity index is 2.50. The van der Waals surface area contributed by atoms with Crippen LogP contribution in [0, 0.1) is 0 Å². The van der Waals surface area contributed by atoms with Gasteiger partial charge in [0.1, 0.15) is 0 Å². The Bertz CT molecular complexity index is 379. The molecule has 0 aliphatic rings. The second-order valence-electron chi connectivity index (χ2n) is 2.91. The largest absolute Gasteiger partial charge is 0.481 e. The molecule has 6 heteroatoms. The summed E-state index contributed by atoms with van der Waals surface area (Å²) in [5.74, 6) is -1.34. The fourth-order valence-electron chi connectivity index (χ4n) is 0.967. The number of carboxylic acids is 1. The third-order valence-corrected chi connectivity index (χ3v) is 1.65. The van der Waals surface area contributed by atoms with Crippen LogP contribution in [0.4, 0.5) is 5.69 Å². The second kappa shape index (κ2) is 4.94. The summed E-state index contributed by atoms with van der Waals surface area (Å²) >= 11 is 0. The Morgan fingerprint density at radius 2 is 2.20 bits per heavy atom. The zero-order chi connectivity index (χ0) is 11.3. The van der Waals surface area contributed by atoms with Gasteiger partial charge in [-0.1, -0.05) is 0 Å². The molecule has 0 atom stereocenters. The van der Waals surface area contributed by atoms with Crippen LogP contribution in [-0.2, 0) is 4.79 Å². The number of aromatic nitrogens is 1. The Morgan fingerprint density at radius 3 is 2.80 bits per heavy atom. The highest BCUT2D eigenvalue weighted by Gasteiger charge is 2.06. The molecule has 0 unspecified atom stereocenters. The van der Waals surface area contributed by atoms with Gasteiger partial charge < -0.3 is 16.2 Å². The van der Waals surface area contributed by atoms with Gasteiger partial charge in [0, 0.05) is 18.9 Å². The molecular weight excluding hydrogens is 198 g/mol. The lowest BCUT2D eigenvalue weighted by Gasteiger charge is -2.03. The number of carboxylic acid groups (broad SMARTS) is 1. The summed E-state index contributed by atoms with van der Waals surface area (Å²) < 4.78 is 0. The van der Waals surface area contributed by atoms with E-state index in [4.69, 9.17) is 10.8 Å². The minimum absolute atomic E-state index is 0.0863. The van der Waals surface area contributed by atoms with E-state index in [2.05, 4.69) is 10.3 Å². The molecule has 0 aliphatic carbocycles. The van der Waals surface area contributed by atoms with E-state index < -0.39 is 5.97 Å². The van der Waals surface area contributed by atoms with E-state index >= 15 is 0 Å². The second-order valence-corrected chi connectivity index (χ2v) is 2.91. The molecule has 0 fully saturated rings. The van der Waals surface area contributed by atoms with Crippen molar-refractivity contribution in [3.63, 3.8) is 0 Å². The molecule has 1 heterocycles. The van der Waals surface area contributed by atoms with Gasteiger partial charge in [-0.2, -0.15) is 0 Å². The highest BCUT2D eigenvalue weighted by molar-refractivity contribution is 5.94. The molecule has 0 aliphatic heterocycles. The number of nitrogens with one attached hydrogen (secondary N) is 1. The maximum absolute atomic E-state index is 11.4. The van der Waals surface area contributed by atoms with Crippen LogP contribution < -0.4 is 11.1 Å². The first-order valence-electron chi connectivity index (χ1n) is 4.30. The molecule has 0 spiro atoms. The quantitative estimate of drug-likeness (QED) is 0.640. The first kappa shape index (κ1) is 11.0. The van der Waals surface area contributed by atoms with Gasteiger partial charge in [-0.15, -0.1) is 0 Å². The number of hydrogen-bond acceptors (Lipinski definition) is 4. The number of nitrogen functional groups attached to an aromatic ring is 1. The smallest absolute Gasteiger partial charge is 0.305 e. The van der Waals surface area contributed by atoms with Crippen molar-refractivity contribution >= 4 is 17.6 Å². The van der Waals surface area contributed by atoms with Crippen molar-refractivity contribution in [2.45, 2.75) is 6.42 Å². The summed E-state index contributed by atoms with van der Waals surface area (Å²) in [7, 11) is 0. The summed E-state index contributed by atoms with van der Waals surface area (Å²) in [6, 6.07) is 1.48. The number of rotatable bonds is 4. The van der Waals surface area contributed by atoms with Crippen molar-refractivity contribution < 1.29 is 14.7 Å². The monoisotopic (exact) mass is 209 g/mol. The van der Waals surface area contributed by atoms with Crippen molar-refractivity contribution in [1.82, 2.24) is 10.3 Å². The number of anilines is 1. The average Bonchev–Trinajstić information content (AvgIpc) is 2.17. The number of pyridine rings is 1. The average molecular weight is 209 g/mol. The van der Waals surface area contributed by atoms with Crippen LogP contribution in [0.15, 0.2) is 18.5 Å². The molecular formula is C9H11N3O3. The van der Waals surface area contributed by atoms with Crippen molar-refractivity contribution in [3.05, 3.63) is 24.0 Å².